The number of thioether (sulfide) groups is 1. The summed E-state index contributed by atoms with van der Waals surface area (Å²) in [5.74, 6) is -0.535. The normalized spacial score (nSPS) is 17.4. The summed E-state index contributed by atoms with van der Waals surface area (Å²) in [6, 6.07) is 14.6. The molecule has 1 aliphatic rings. The molecule has 0 aliphatic carbocycles. The fourth-order valence-electron chi connectivity index (χ4n) is 6.14. The first kappa shape index (κ1) is 30.4. The molecule has 0 saturated carbocycles. The molecular formula is C33H30Cl2FN5O2S. The highest BCUT2D eigenvalue weighted by molar-refractivity contribution is 7.98. The SMILES string of the molecule is CSc1nc2c(F)c(-c3cccc4cccc(Cl)c34)c(Cl)cc2c2c1cnn2[C@H]1CCN(C(=O)OC(C)(C)C)[C@H](CC#N)C1. The number of amides is 1. The molecule has 6 rings (SSSR count). The monoisotopic (exact) mass is 649 g/mol. The first-order valence-electron chi connectivity index (χ1n) is 14.3. The van der Waals surface area contributed by atoms with Crippen LogP contribution < -0.4 is 0 Å². The summed E-state index contributed by atoms with van der Waals surface area (Å²) >= 11 is 14.9. The predicted molar refractivity (Wildman–Crippen MR) is 175 cm³/mol. The summed E-state index contributed by atoms with van der Waals surface area (Å²) in [7, 11) is 0. The van der Waals surface area contributed by atoms with Crippen LogP contribution in [0.4, 0.5) is 9.18 Å². The van der Waals surface area contributed by atoms with Gasteiger partial charge >= 0.3 is 6.09 Å². The minimum absolute atomic E-state index is 0.150. The van der Waals surface area contributed by atoms with E-state index in [0.29, 0.717) is 51.3 Å². The zero-order valence-corrected chi connectivity index (χ0v) is 27.0. The molecule has 2 atom stereocenters. The van der Waals surface area contributed by atoms with Crippen molar-refractivity contribution in [1.29, 1.82) is 5.26 Å². The van der Waals surface area contributed by atoms with Gasteiger partial charge in [0.15, 0.2) is 5.82 Å². The summed E-state index contributed by atoms with van der Waals surface area (Å²) in [4.78, 5) is 19.4. The summed E-state index contributed by atoms with van der Waals surface area (Å²) in [5.41, 5.74) is 1.08. The van der Waals surface area contributed by atoms with Gasteiger partial charge in [-0.1, -0.05) is 53.5 Å². The number of nitrogens with zero attached hydrogens (tertiary/aromatic N) is 5. The number of hydrogen-bond acceptors (Lipinski definition) is 6. The van der Waals surface area contributed by atoms with Crippen molar-refractivity contribution in [3.8, 4) is 17.2 Å². The van der Waals surface area contributed by atoms with Crippen molar-refractivity contribution < 1.29 is 13.9 Å². The molecule has 2 aromatic heterocycles. The molecule has 3 aromatic carbocycles. The van der Waals surface area contributed by atoms with Crippen molar-refractivity contribution in [3.05, 3.63) is 64.5 Å². The maximum atomic E-state index is 16.7. The van der Waals surface area contributed by atoms with Crippen LogP contribution in [-0.4, -0.2) is 50.2 Å². The van der Waals surface area contributed by atoms with Gasteiger partial charge in [-0.25, -0.2) is 14.2 Å². The van der Waals surface area contributed by atoms with Crippen LogP contribution in [0.1, 0.15) is 46.1 Å². The largest absolute Gasteiger partial charge is 0.444 e. The van der Waals surface area contributed by atoms with Crippen LogP contribution in [0.3, 0.4) is 0 Å². The van der Waals surface area contributed by atoms with Gasteiger partial charge in [-0.15, -0.1) is 11.8 Å². The van der Waals surface area contributed by atoms with Crippen LogP contribution in [0.15, 0.2) is 53.7 Å². The van der Waals surface area contributed by atoms with Gasteiger partial charge in [0, 0.05) is 27.9 Å². The smallest absolute Gasteiger partial charge is 0.410 e. The molecule has 11 heteroatoms. The van der Waals surface area contributed by atoms with Crippen molar-refractivity contribution in [2.45, 2.75) is 62.7 Å². The van der Waals surface area contributed by atoms with Gasteiger partial charge in [-0.3, -0.25) is 4.68 Å². The molecular weight excluding hydrogens is 620 g/mol. The van der Waals surface area contributed by atoms with Crippen LogP contribution >= 0.6 is 35.0 Å². The van der Waals surface area contributed by atoms with Crippen LogP contribution in [0.2, 0.25) is 10.0 Å². The number of carbonyl (C=O) groups excluding carboxylic acids is 1. The van der Waals surface area contributed by atoms with E-state index < -0.39 is 17.5 Å². The van der Waals surface area contributed by atoms with E-state index in [2.05, 4.69) is 6.07 Å². The molecule has 226 valence electrons. The maximum Gasteiger partial charge on any atom is 0.410 e. The van der Waals surface area contributed by atoms with Gasteiger partial charge < -0.3 is 9.64 Å². The number of carbonyl (C=O) groups is 1. The molecule has 1 saturated heterocycles. The Kier molecular flexibility index (Phi) is 8.12. The molecule has 0 bridgehead atoms. The van der Waals surface area contributed by atoms with Crippen molar-refractivity contribution in [2.75, 3.05) is 12.8 Å². The van der Waals surface area contributed by atoms with Crippen molar-refractivity contribution in [2.24, 2.45) is 0 Å². The Morgan fingerprint density at radius 2 is 1.93 bits per heavy atom. The van der Waals surface area contributed by atoms with Gasteiger partial charge in [0.05, 0.1) is 46.7 Å². The van der Waals surface area contributed by atoms with E-state index in [1.165, 1.54) is 11.8 Å². The Balaban J connectivity index is 1.49. The molecule has 44 heavy (non-hydrogen) atoms. The number of aromatic nitrogens is 3. The fraction of sp³-hybridized carbons (Fsp3) is 0.333. The van der Waals surface area contributed by atoms with Crippen molar-refractivity contribution >= 4 is 73.6 Å². The summed E-state index contributed by atoms with van der Waals surface area (Å²) in [6.45, 7) is 5.85. The lowest BCUT2D eigenvalue weighted by atomic mass is 9.94. The molecule has 0 spiro atoms. The van der Waals surface area contributed by atoms with E-state index in [-0.39, 0.29) is 34.6 Å². The van der Waals surface area contributed by atoms with E-state index in [0.717, 1.165) is 10.8 Å². The summed E-state index contributed by atoms with van der Waals surface area (Å²) < 4.78 is 24.2. The number of likely N-dealkylation sites (tertiary alicyclic amines) is 1. The average Bonchev–Trinajstić information content (AvgIpc) is 3.42. The Hall–Kier alpha value is -3.58. The van der Waals surface area contributed by atoms with Gasteiger partial charge in [0.2, 0.25) is 0 Å². The van der Waals surface area contributed by atoms with Crippen molar-refractivity contribution in [1.82, 2.24) is 19.7 Å². The molecule has 0 unspecified atom stereocenters. The maximum absolute atomic E-state index is 16.7. The molecule has 1 fully saturated rings. The quantitative estimate of drug-likeness (QED) is 0.180. The Labute approximate surface area is 268 Å². The second kappa shape index (κ2) is 11.7. The van der Waals surface area contributed by atoms with Gasteiger partial charge in [-0.2, -0.15) is 10.4 Å². The number of ether oxygens (including phenoxy) is 1. The molecule has 0 N–H and O–H groups in total. The summed E-state index contributed by atoms with van der Waals surface area (Å²) in [5, 5.41) is 18.6. The van der Waals surface area contributed by atoms with E-state index in [9.17, 15) is 10.1 Å². The molecule has 3 heterocycles. The topological polar surface area (TPSA) is 84.0 Å². The Bertz CT molecular complexity index is 1980. The number of nitriles is 1. The van der Waals surface area contributed by atoms with Crippen LogP contribution in [-0.2, 0) is 4.74 Å². The van der Waals surface area contributed by atoms with E-state index in [1.54, 1.807) is 23.2 Å². The highest BCUT2D eigenvalue weighted by Gasteiger charge is 2.36. The first-order chi connectivity index (χ1) is 21.0. The van der Waals surface area contributed by atoms with Gasteiger partial charge in [-0.05, 0) is 63.0 Å². The minimum atomic E-state index is -0.650. The summed E-state index contributed by atoms with van der Waals surface area (Å²) in [6.07, 6.45) is 4.44. The number of piperidine rings is 1. The van der Waals surface area contributed by atoms with Crippen LogP contribution in [0, 0.1) is 17.1 Å². The van der Waals surface area contributed by atoms with Gasteiger partial charge in [0.25, 0.3) is 0 Å². The average molecular weight is 651 g/mol. The van der Waals surface area contributed by atoms with Crippen LogP contribution in [0.5, 0.6) is 0 Å². The van der Waals surface area contributed by atoms with Crippen LogP contribution in [0.25, 0.3) is 43.7 Å². The second-order valence-corrected chi connectivity index (χ2v) is 13.5. The standard InChI is InChI=1S/C33H30Cl2FN5O2S/c1-33(2,3)43-32(42)40-14-12-20(15-19(40)11-13-37)41-30-22-16-25(35)27(21-9-5-7-18-8-6-10-24(34)26(18)21)28(36)29(22)39-31(44-4)23(30)17-38-41/h5-10,16-17,19-20H,11-12,14-15H2,1-4H3/t19-,20+/m1/s1. The molecule has 1 amide bonds. The minimum Gasteiger partial charge on any atom is -0.444 e. The third kappa shape index (κ3) is 5.33. The van der Waals surface area contributed by atoms with E-state index >= 15 is 4.39 Å². The Morgan fingerprint density at radius 1 is 1.18 bits per heavy atom. The molecule has 5 aromatic rings. The third-order valence-corrected chi connectivity index (χ3v) is 9.30. The van der Waals surface area contributed by atoms with Crippen molar-refractivity contribution in [3.63, 3.8) is 0 Å². The highest BCUT2D eigenvalue weighted by atomic mass is 35.5. The number of pyridine rings is 1. The first-order valence-corrected chi connectivity index (χ1v) is 16.3. The third-order valence-electron chi connectivity index (χ3n) is 7.99. The lowest BCUT2D eigenvalue weighted by Gasteiger charge is -2.39. The molecule has 0 radical (unpaired) electrons. The number of hydrogen-bond donors (Lipinski definition) is 0. The second-order valence-electron chi connectivity index (χ2n) is 11.9. The lowest BCUT2D eigenvalue weighted by molar-refractivity contribution is 0.00565. The van der Waals surface area contributed by atoms with E-state index in [4.69, 9.17) is 38.0 Å². The highest BCUT2D eigenvalue weighted by Crippen LogP contribution is 2.44. The Morgan fingerprint density at radius 3 is 2.64 bits per heavy atom. The number of rotatable bonds is 4. The lowest BCUT2D eigenvalue weighted by Crippen LogP contribution is -2.48. The number of halogens is 3. The fourth-order valence-corrected chi connectivity index (χ4v) is 7.27. The zero-order valence-electron chi connectivity index (χ0n) is 24.7. The predicted octanol–water partition coefficient (Wildman–Crippen LogP) is 9.43. The van der Waals surface area contributed by atoms with E-state index in [1.807, 2.05) is 62.0 Å². The zero-order chi connectivity index (χ0) is 31.3. The number of benzene rings is 3. The molecule has 7 nitrogen and oxygen atoms in total. The van der Waals surface area contributed by atoms with Gasteiger partial charge in [0.1, 0.15) is 16.1 Å². The molecule has 1 aliphatic heterocycles. The number of fused-ring (bicyclic) bond motifs is 4.